The van der Waals surface area contributed by atoms with Crippen molar-refractivity contribution in [3.63, 3.8) is 0 Å². The molecule has 0 fully saturated rings. The van der Waals surface area contributed by atoms with E-state index < -0.39 is 11.9 Å². The Labute approximate surface area is 122 Å². The first-order valence-electron chi connectivity index (χ1n) is 6.14. The molecule has 0 spiro atoms. The van der Waals surface area contributed by atoms with Crippen LogP contribution in [0.15, 0.2) is 48.8 Å². The number of nitrogens with one attached hydrogen (secondary N) is 1. The van der Waals surface area contributed by atoms with Crippen molar-refractivity contribution >= 4 is 17.6 Å². The molecule has 110 valence electrons. The Morgan fingerprint density at radius 1 is 1.10 bits per heavy atom. The van der Waals surface area contributed by atoms with Gasteiger partial charge in [-0.1, -0.05) is 12.1 Å². The largest absolute Gasteiger partial charge is 0.473 e. The Morgan fingerprint density at radius 2 is 1.71 bits per heavy atom. The maximum absolute atomic E-state index is 9.10. The number of carboxylic acid groups (broad SMARTS) is 2. The van der Waals surface area contributed by atoms with E-state index in [-0.39, 0.29) is 0 Å². The lowest BCUT2D eigenvalue weighted by molar-refractivity contribution is -0.159. The van der Waals surface area contributed by atoms with Crippen molar-refractivity contribution in [2.75, 3.05) is 5.32 Å². The van der Waals surface area contributed by atoms with Gasteiger partial charge in [0.1, 0.15) is 0 Å². The van der Waals surface area contributed by atoms with Crippen LogP contribution in [-0.2, 0) is 16.1 Å². The van der Waals surface area contributed by atoms with E-state index in [2.05, 4.69) is 41.5 Å². The molecule has 21 heavy (non-hydrogen) atoms. The molecule has 6 heteroatoms. The summed E-state index contributed by atoms with van der Waals surface area (Å²) in [4.78, 5) is 22.2. The number of anilines is 1. The number of nitrogens with zero attached hydrogens (tertiary/aromatic N) is 1. The Balaban J connectivity index is 0.000000315. The number of aryl methyl sites for hydroxylation is 1. The molecule has 1 heterocycles. The van der Waals surface area contributed by atoms with E-state index in [9.17, 15) is 0 Å². The lowest BCUT2D eigenvalue weighted by Gasteiger charge is -2.06. The second kappa shape index (κ2) is 8.31. The Hall–Kier alpha value is -2.89. The minimum atomic E-state index is -1.82. The SMILES string of the molecule is Cc1cccc(NCc2ccncc2)c1.O=C(O)C(=O)O. The van der Waals surface area contributed by atoms with Gasteiger partial charge in [0.2, 0.25) is 0 Å². The predicted molar refractivity (Wildman–Crippen MR) is 78.0 cm³/mol. The zero-order chi connectivity index (χ0) is 15.7. The summed E-state index contributed by atoms with van der Waals surface area (Å²) in [6, 6.07) is 12.4. The maximum atomic E-state index is 9.10. The highest BCUT2D eigenvalue weighted by Gasteiger charge is 2.04. The third kappa shape index (κ3) is 6.72. The van der Waals surface area contributed by atoms with Crippen molar-refractivity contribution < 1.29 is 19.8 Å². The lowest BCUT2D eigenvalue weighted by atomic mass is 10.2. The van der Waals surface area contributed by atoms with E-state index in [1.54, 1.807) is 0 Å². The van der Waals surface area contributed by atoms with Gasteiger partial charge in [-0.3, -0.25) is 4.98 Å². The maximum Gasteiger partial charge on any atom is 0.414 e. The van der Waals surface area contributed by atoms with Crippen molar-refractivity contribution in [1.29, 1.82) is 0 Å². The van der Waals surface area contributed by atoms with E-state index in [0.29, 0.717) is 0 Å². The van der Waals surface area contributed by atoms with E-state index in [0.717, 1.165) is 12.2 Å². The van der Waals surface area contributed by atoms with Gasteiger partial charge in [0.05, 0.1) is 0 Å². The summed E-state index contributed by atoms with van der Waals surface area (Å²) in [6.45, 7) is 2.93. The molecule has 0 saturated carbocycles. The van der Waals surface area contributed by atoms with Gasteiger partial charge in [-0.2, -0.15) is 0 Å². The highest BCUT2D eigenvalue weighted by Crippen LogP contribution is 2.10. The van der Waals surface area contributed by atoms with Crippen LogP contribution >= 0.6 is 0 Å². The Morgan fingerprint density at radius 3 is 2.24 bits per heavy atom. The molecule has 1 aromatic heterocycles. The summed E-state index contributed by atoms with van der Waals surface area (Å²) in [5, 5.41) is 18.2. The van der Waals surface area contributed by atoms with Crippen LogP contribution in [-0.4, -0.2) is 27.1 Å². The summed E-state index contributed by atoms with van der Waals surface area (Å²) in [6.07, 6.45) is 3.63. The standard InChI is InChI=1S/C13H14N2.C2H2O4/c1-11-3-2-4-13(9-11)15-10-12-5-7-14-8-6-12;3-1(4)2(5)6/h2-9,15H,10H2,1H3;(H,3,4)(H,5,6). The van der Waals surface area contributed by atoms with Crippen molar-refractivity contribution in [2.24, 2.45) is 0 Å². The molecule has 0 saturated heterocycles. The summed E-state index contributed by atoms with van der Waals surface area (Å²) >= 11 is 0. The second-order valence-electron chi connectivity index (χ2n) is 4.19. The molecule has 0 radical (unpaired) electrons. The van der Waals surface area contributed by atoms with Crippen LogP contribution in [0, 0.1) is 6.92 Å². The predicted octanol–water partition coefficient (Wildman–Crippen LogP) is 2.16. The van der Waals surface area contributed by atoms with Gasteiger partial charge >= 0.3 is 11.9 Å². The molecule has 0 aliphatic rings. The zero-order valence-electron chi connectivity index (χ0n) is 11.5. The van der Waals surface area contributed by atoms with Gasteiger partial charge in [0.25, 0.3) is 0 Å². The van der Waals surface area contributed by atoms with Crippen LogP contribution in [0.3, 0.4) is 0 Å². The van der Waals surface area contributed by atoms with Crippen LogP contribution in [0.1, 0.15) is 11.1 Å². The second-order valence-corrected chi connectivity index (χ2v) is 4.19. The molecular weight excluding hydrogens is 272 g/mol. The van der Waals surface area contributed by atoms with Crippen LogP contribution in [0.5, 0.6) is 0 Å². The topological polar surface area (TPSA) is 99.5 Å². The molecule has 0 bridgehead atoms. The average Bonchev–Trinajstić information content (AvgIpc) is 2.47. The van der Waals surface area contributed by atoms with E-state index in [1.165, 1.54) is 11.1 Å². The fourth-order valence-electron chi connectivity index (χ4n) is 1.46. The van der Waals surface area contributed by atoms with Crippen molar-refractivity contribution in [2.45, 2.75) is 13.5 Å². The van der Waals surface area contributed by atoms with E-state index in [1.807, 2.05) is 24.5 Å². The number of hydrogen-bond acceptors (Lipinski definition) is 4. The van der Waals surface area contributed by atoms with Crippen LogP contribution in [0.25, 0.3) is 0 Å². The molecule has 3 N–H and O–H groups in total. The number of rotatable bonds is 3. The van der Waals surface area contributed by atoms with Gasteiger partial charge in [-0.25, -0.2) is 9.59 Å². The molecule has 0 aliphatic heterocycles. The van der Waals surface area contributed by atoms with E-state index >= 15 is 0 Å². The minimum absolute atomic E-state index is 0.839. The minimum Gasteiger partial charge on any atom is -0.473 e. The molecule has 2 rings (SSSR count). The Kier molecular flexibility index (Phi) is 6.40. The van der Waals surface area contributed by atoms with Crippen molar-refractivity contribution in [3.05, 3.63) is 59.9 Å². The molecule has 2 aromatic rings. The zero-order valence-corrected chi connectivity index (χ0v) is 11.5. The van der Waals surface area contributed by atoms with Crippen LogP contribution in [0.4, 0.5) is 5.69 Å². The highest BCUT2D eigenvalue weighted by molar-refractivity contribution is 6.27. The number of hydrogen-bond donors (Lipinski definition) is 3. The van der Waals surface area contributed by atoms with Gasteiger partial charge in [-0.15, -0.1) is 0 Å². The summed E-state index contributed by atoms with van der Waals surface area (Å²) in [5.74, 6) is -3.65. The summed E-state index contributed by atoms with van der Waals surface area (Å²) in [5.41, 5.74) is 3.67. The molecular formula is C15H16N2O4. The van der Waals surface area contributed by atoms with Gasteiger partial charge < -0.3 is 15.5 Å². The number of carbonyl (C=O) groups is 2. The first-order chi connectivity index (χ1) is 9.99. The fourth-order valence-corrected chi connectivity index (χ4v) is 1.46. The third-order valence-corrected chi connectivity index (χ3v) is 2.45. The van der Waals surface area contributed by atoms with Crippen molar-refractivity contribution in [3.8, 4) is 0 Å². The first-order valence-corrected chi connectivity index (χ1v) is 6.14. The number of aromatic nitrogens is 1. The van der Waals surface area contributed by atoms with Crippen LogP contribution < -0.4 is 5.32 Å². The van der Waals surface area contributed by atoms with E-state index in [4.69, 9.17) is 19.8 Å². The molecule has 0 amide bonds. The van der Waals surface area contributed by atoms with Gasteiger partial charge in [0, 0.05) is 24.6 Å². The lowest BCUT2D eigenvalue weighted by Crippen LogP contribution is -2.09. The van der Waals surface area contributed by atoms with Crippen LogP contribution in [0.2, 0.25) is 0 Å². The number of benzene rings is 1. The Bertz CT molecular complexity index is 588. The molecule has 0 unspecified atom stereocenters. The summed E-state index contributed by atoms with van der Waals surface area (Å²) in [7, 11) is 0. The normalized spacial score (nSPS) is 9.19. The highest BCUT2D eigenvalue weighted by atomic mass is 16.4. The number of pyridine rings is 1. The molecule has 1 aromatic carbocycles. The molecule has 0 aliphatic carbocycles. The first kappa shape index (κ1) is 16.2. The van der Waals surface area contributed by atoms with Crippen molar-refractivity contribution in [1.82, 2.24) is 4.98 Å². The molecule has 0 atom stereocenters. The van der Waals surface area contributed by atoms with Gasteiger partial charge in [-0.05, 0) is 42.3 Å². The molecule has 6 nitrogen and oxygen atoms in total. The quantitative estimate of drug-likeness (QED) is 0.748. The monoisotopic (exact) mass is 288 g/mol. The summed E-state index contributed by atoms with van der Waals surface area (Å²) < 4.78 is 0. The third-order valence-electron chi connectivity index (χ3n) is 2.45. The average molecular weight is 288 g/mol. The fraction of sp³-hybridized carbons (Fsp3) is 0.133. The smallest absolute Gasteiger partial charge is 0.414 e. The number of aliphatic carboxylic acids is 2. The number of carboxylic acids is 2. The van der Waals surface area contributed by atoms with Gasteiger partial charge in [0.15, 0.2) is 0 Å².